The molecule has 0 aliphatic carbocycles. The normalized spacial score (nSPS) is 15.9. The number of aromatic carboxylic acids is 1. The SMILES string of the molecule is Nc1ccc(C(=O)[O-])cc1.O[C@H](COc1ccccc1)CN1CCN(C[C@H](O)COc2ccccc2)CCN(C[C@H](O)COc2ccccc2)CCN(C[C@H](O)COc2ccccc2)CC1.[Cd+2].[O-][Cl+3]([O-])([O-])[O-]. The summed E-state index contributed by atoms with van der Waals surface area (Å²) in [7, 11) is -4.94. The van der Waals surface area contributed by atoms with Gasteiger partial charge in [0.15, 0.2) is 0 Å². The molecule has 1 heterocycles. The van der Waals surface area contributed by atoms with Crippen molar-refractivity contribution in [2.45, 2.75) is 24.4 Å². The molecule has 0 saturated carbocycles. The number of nitrogens with zero attached hydrogens (tertiary/aromatic N) is 4. The van der Waals surface area contributed by atoms with Gasteiger partial charge in [-0.25, -0.2) is 18.6 Å². The average molecular weight is 1120 g/mol. The van der Waals surface area contributed by atoms with Gasteiger partial charge in [-0.1, -0.05) is 84.9 Å². The number of aliphatic hydroxyl groups excluding tert-OH is 4. The maximum Gasteiger partial charge on any atom is 2.00 e. The molecule has 0 radical (unpaired) electrons. The van der Waals surface area contributed by atoms with Gasteiger partial charge in [0.25, 0.3) is 0 Å². The number of β-amino-alcohol motifs (C(OH)–C–C–N with tert-alkyl or cyclic N) is 4. The Bertz CT molecular complexity index is 1890. The van der Waals surface area contributed by atoms with Gasteiger partial charge in [0.05, 0.1) is 5.97 Å². The van der Waals surface area contributed by atoms with Gasteiger partial charge < -0.3 is 55.0 Å². The van der Waals surface area contributed by atoms with Gasteiger partial charge in [-0.2, -0.15) is 0 Å². The van der Waals surface area contributed by atoms with Gasteiger partial charge >= 0.3 is 27.3 Å². The third-order valence-electron chi connectivity index (χ3n) is 10.7. The molecule has 0 aromatic heterocycles. The van der Waals surface area contributed by atoms with E-state index in [1.807, 2.05) is 121 Å². The number of halogens is 1. The van der Waals surface area contributed by atoms with Crippen molar-refractivity contribution < 1.29 is 105 Å². The van der Waals surface area contributed by atoms with Crippen molar-refractivity contribution in [2.75, 3.05) is 111 Å². The van der Waals surface area contributed by atoms with Crippen LogP contribution in [0.1, 0.15) is 10.4 Å². The number of nitrogens with two attached hydrogens (primary N) is 1. The van der Waals surface area contributed by atoms with Crippen LogP contribution in [0.15, 0.2) is 146 Å². The van der Waals surface area contributed by atoms with Gasteiger partial charge in [0.1, 0.15) is 73.8 Å². The molecule has 0 spiro atoms. The van der Waals surface area contributed by atoms with Gasteiger partial charge in [0.2, 0.25) is 0 Å². The van der Waals surface area contributed by atoms with Crippen LogP contribution in [0.3, 0.4) is 0 Å². The Balaban J connectivity index is 0.000000735. The number of rotatable bonds is 21. The zero-order valence-electron chi connectivity index (χ0n) is 40.3. The summed E-state index contributed by atoms with van der Waals surface area (Å²) in [5, 5.41) is 54.6. The van der Waals surface area contributed by atoms with Crippen molar-refractivity contribution in [1.82, 2.24) is 19.6 Å². The van der Waals surface area contributed by atoms with Crippen LogP contribution >= 0.6 is 0 Å². The number of carboxylic acids is 1. The standard InChI is InChI=1S/C44H60N4O8.C7H7NO2.Cd.ClHO4/c49-37(33-53-41-13-5-1-6-14-41)29-45-21-23-46(30-38(50)34-54-42-15-7-2-8-16-42)25-27-48(32-40(52)36-56-44-19-11-4-12-20-44)28-26-47(24-22-45)31-39(51)35-55-43-17-9-3-10-18-43;8-6-3-1-5(2-4-6)7(9)10;;2-1(3,4)5/h1-20,37-40,49-52H,21-36H2;1-4H,8H2,(H,9,10);;(H,2,3,4,5)/q;;+2;/p-2/t37-,38-,39-,40-;;;/m0.../s1. The monoisotopic (exact) mass is 1120 g/mol. The molecule has 1 aliphatic rings. The first-order valence-corrected chi connectivity index (χ1v) is 24.3. The van der Waals surface area contributed by atoms with Crippen molar-refractivity contribution in [2.24, 2.45) is 0 Å². The predicted molar refractivity (Wildman–Crippen MR) is 253 cm³/mol. The fraction of sp³-hybridized carbons (Fsp3) is 0.392. The number of anilines is 1. The molecule has 388 valence electrons. The number of hydrogen-bond acceptors (Lipinski definition) is 19. The number of benzene rings is 5. The van der Waals surface area contributed by atoms with E-state index in [0.29, 0.717) is 107 Å². The summed E-state index contributed by atoms with van der Waals surface area (Å²) < 4.78 is 57.5. The van der Waals surface area contributed by atoms with Crippen LogP contribution in [-0.4, -0.2) is 175 Å². The molecule has 6 N–H and O–H groups in total. The number of para-hydroxylation sites is 4. The summed E-state index contributed by atoms with van der Waals surface area (Å²) in [6.07, 6.45) is -2.91. The molecular weight excluding hydrogens is 1050 g/mol. The van der Waals surface area contributed by atoms with E-state index in [4.69, 9.17) is 43.3 Å². The van der Waals surface area contributed by atoms with Crippen molar-refractivity contribution in [3.8, 4) is 23.0 Å². The van der Waals surface area contributed by atoms with Crippen molar-refractivity contribution in [3.63, 3.8) is 0 Å². The first-order valence-electron chi connectivity index (χ1n) is 23.1. The quantitative estimate of drug-likeness (QED) is 0.0387. The molecule has 0 amide bonds. The number of ether oxygens (including phenoxy) is 4. The van der Waals surface area contributed by atoms with Crippen LogP contribution in [0.5, 0.6) is 23.0 Å². The van der Waals surface area contributed by atoms with Crippen LogP contribution in [0.4, 0.5) is 5.69 Å². The molecule has 19 nitrogen and oxygen atoms in total. The smallest absolute Gasteiger partial charge is 0.545 e. The molecule has 0 unspecified atom stereocenters. The van der Waals surface area contributed by atoms with Gasteiger partial charge in [-0.05, 0) is 66.2 Å². The summed E-state index contributed by atoms with van der Waals surface area (Å²) in [5.41, 5.74) is 6.01. The number of carbonyl (C=O) groups excluding carboxylic acids is 1. The van der Waals surface area contributed by atoms with E-state index in [9.17, 15) is 30.3 Å². The summed E-state index contributed by atoms with van der Waals surface area (Å²) in [6, 6.07) is 43.8. The predicted octanol–water partition coefficient (Wildman–Crippen LogP) is -2.16. The molecule has 4 atom stereocenters. The van der Waals surface area contributed by atoms with Crippen LogP contribution < -0.4 is 48.4 Å². The minimum Gasteiger partial charge on any atom is -0.545 e. The third-order valence-corrected chi connectivity index (χ3v) is 10.7. The second kappa shape index (κ2) is 34.7. The molecule has 1 saturated heterocycles. The largest absolute Gasteiger partial charge is 2.00 e. The Hall–Kier alpha value is -4.70. The topological polar surface area (TPSA) is 289 Å². The first kappa shape index (κ1) is 61.6. The third kappa shape index (κ3) is 28.5. The van der Waals surface area contributed by atoms with E-state index in [1.54, 1.807) is 0 Å². The molecule has 1 aliphatic heterocycles. The van der Waals surface area contributed by atoms with Crippen LogP contribution in [-0.2, 0) is 27.3 Å². The van der Waals surface area contributed by atoms with E-state index in [-0.39, 0.29) is 59.3 Å². The van der Waals surface area contributed by atoms with E-state index in [0.717, 1.165) is 0 Å². The average Bonchev–Trinajstić information content (AvgIpc) is 3.35. The first-order chi connectivity index (χ1) is 34.1. The maximum absolute atomic E-state index is 11.1. The fourth-order valence-electron chi connectivity index (χ4n) is 7.17. The Morgan fingerprint density at radius 2 is 0.653 bits per heavy atom. The Kier molecular flexibility index (Phi) is 29.7. The Morgan fingerprint density at radius 3 is 0.847 bits per heavy atom. The van der Waals surface area contributed by atoms with Gasteiger partial charge in [0, 0.05) is 84.2 Å². The fourth-order valence-corrected chi connectivity index (χ4v) is 7.17. The van der Waals surface area contributed by atoms with Gasteiger partial charge in [-0.15, -0.1) is 10.2 Å². The van der Waals surface area contributed by atoms with E-state index < -0.39 is 40.6 Å². The summed E-state index contributed by atoms with van der Waals surface area (Å²) in [4.78, 5) is 19.1. The second-order valence-electron chi connectivity index (χ2n) is 16.6. The Labute approximate surface area is 443 Å². The Morgan fingerprint density at radius 1 is 0.444 bits per heavy atom. The van der Waals surface area contributed by atoms with Crippen molar-refractivity contribution >= 4 is 11.7 Å². The van der Waals surface area contributed by atoms with Crippen LogP contribution in [0.25, 0.3) is 0 Å². The number of aliphatic hydroxyl groups is 4. The number of carbonyl (C=O) groups is 1. The summed E-state index contributed by atoms with van der Waals surface area (Å²) in [6.45, 7) is 7.29. The second-order valence-corrected chi connectivity index (χ2v) is 17.4. The van der Waals surface area contributed by atoms with Crippen molar-refractivity contribution in [3.05, 3.63) is 151 Å². The number of carboxylic acid groups (broad SMARTS) is 1. The minimum absolute atomic E-state index is 0. The molecule has 0 bridgehead atoms. The molecule has 21 heteroatoms. The maximum atomic E-state index is 11.1. The van der Waals surface area contributed by atoms with E-state index in [1.165, 1.54) is 24.3 Å². The molecule has 5 aromatic carbocycles. The van der Waals surface area contributed by atoms with Crippen LogP contribution in [0.2, 0.25) is 0 Å². The molecule has 5 aromatic rings. The molecule has 72 heavy (non-hydrogen) atoms. The van der Waals surface area contributed by atoms with Gasteiger partial charge in [-0.3, -0.25) is 19.6 Å². The summed E-state index contributed by atoms with van der Waals surface area (Å²) >= 11 is 0. The number of nitrogen functional groups attached to an aromatic ring is 1. The number of hydrogen-bond donors (Lipinski definition) is 5. The molecular formula is C51H66CdClN5O14. The molecule has 6 rings (SSSR count). The minimum atomic E-state index is -4.94. The van der Waals surface area contributed by atoms with Crippen LogP contribution in [0, 0.1) is 10.2 Å². The zero-order chi connectivity index (χ0) is 51.3. The van der Waals surface area contributed by atoms with E-state index >= 15 is 0 Å². The zero-order valence-corrected chi connectivity index (χ0v) is 45.1. The molecule has 1 fully saturated rings. The van der Waals surface area contributed by atoms with Crippen molar-refractivity contribution in [1.29, 1.82) is 0 Å². The summed E-state index contributed by atoms with van der Waals surface area (Å²) in [5.74, 6) is 1.64. The van der Waals surface area contributed by atoms with E-state index in [2.05, 4.69) is 19.6 Å².